The standard InChI is InChI=1S/C15H16Cl2O4/c16-12-9(21-7-10(18)19)5-8-6-15(3-1-2-4-15)14(20)11(8)13(12)17/h5,14,20H,1-4,6-7H2,(H,18,19). The predicted octanol–water partition coefficient (Wildman–Crippen LogP) is 3.61. The Morgan fingerprint density at radius 3 is 2.62 bits per heavy atom. The Hall–Kier alpha value is -0.970. The van der Waals surface area contributed by atoms with Crippen molar-refractivity contribution in [1.82, 2.24) is 0 Å². The fourth-order valence-corrected chi connectivity index (χ4v) is 4.19. The molecule has 0 radical (unpaired) electrons. The molecule has 4 nitrogen and oxygen atoms in total. The summed E-state index contributed by atoms with van der Waals surface area (Å²) in [6.45, 7) is -0.470. The number of carboxylic acid groups (broad SMARTS) is 1. The van der Waals surface area contributed by atoms with Crippen molar-refractivity contribution in [3.05, 3.63) is 27.2 Å². The minimum Gasteiger partial charge on any atom is -0.480 e. The quantitative estimate of drug-likeness (QED) is 0.888. The topological polar surface area (TPSA) is 66.8 Å². The summed E-state index contributed by atoms with van der Waals surface area (Å²) >= 11 is 12.5. The Bertz CT molecular complexity index is 594. The largest absolute Gasteiger partial charge is 0.480 e. The molecule has 6 heteroatoms. The maximum Gasteiger partial charge on any atom is 0.341 e. The van der Waals surface area contributed by atoms with Gasteiger partial charge < -0.3 is 14.9 Å². The monoisotopic (exact) mass is 330 g/mol. The van der Waals surface area contributed by atoms with Gasteiger partial charge in [0.2, 0.25) is 0 Å². The van der Waals surface area contributed by atoms with Gasteiger partial charge in [0.15, 0.2) is 6.61 Å². The van der Waals surface area contributed by atoms with Crippen LogP contribution in [0.25, 0.3) is 0 Å². The molecule has 114 valence electrons. The van der Waals surface area contributed by atoms with Crippen LogP contribution < -0.4 is 4.74 Å². The third-order valence-electron chi connectivity index (χ3n) is 4.64. The van der Waals surface area contributed by atoms with Gasteiger partial charge in [-0.25, -0.2) is 4.79 Å². The zero-order valence-electron chi connectivity index (χ0n) is 11.4. The number of carbonyl (C=O) groups is 1. The molecule has 0 heterocycles. The van der Waals surface area contributed by atoms with E-state index < -0.39 is 18.7 Å². The minimum atomic E-state index is -1.07. The minimum absolute atomic E-state index is 0.138. The van der Waals surface area contributed by atoms with E-state index in [9.17, 15) is 9.90 Å². The Kier molecular flexibility index (Phi) is 3.80. The second kappa shape index (κ2) is 5.34. The highest BCUT2D eigenvalue weighted by molar-refractivity contribution is 6.43. The molecule has 0 aliphatic heterocycles. The number of aliphatic hydroxyl groups excluding tert-OH is 1. The van der Waals surface area contributed by atoms with Gasteiger partial charge in [-0.05, 0) is 30.9 Å². The van der Waals surface area contributed by atoms with Crippen molar-refractivity contribution < 1.29 is 19.7 Å². The first-order valence-electron chi connectivity index (χ1n) is 6.98. The van der Waals surface area contributed by atoms with Gasteiger partial charge in [-0.2, -0.15) is 0 Å². The number of rotatable bonds is 3. The van der Waals surface area contributed by atoms with Crippen LogP contribution in [0.3, 0.4) is 0 Å². The zero-order chi connectivity index (χ0) is 15.2. The van der Waals surface area contributed by atoms with Gasteiger partial charge in [0.05, 0.1) is 11.1 Å². The van der Waals surface area contributed by atoms with Crippen molar-refractivity contribution >= 4 is 29.2 Å². The lowest BCUT2D eigenvalue weighted by Gasteiger charge is -2.27. The van der Waals surface area contributed by atoms with E-state index in [1.165, 1.54) is 0 Å². The number of hydrogen-bond donors (Lipinski definition) is 2. The summed E-state index contributed by atoms with van der Waals surface area (Å²) < 4.78 is 5.19. The summed E-state index contributed by atoms with van der Waals surface area (Å²) in [5.41, 5.74) is 1.46. The van der Waals surface area contributed by atoms with E-state index in [2.05, 4.69) is 0 Å². The van der Waals surface area contributed by atoms with Gasteiger partial charge in [0.25, 0.3) is 0 Å². The Balaban J connectivity index is 1.98. The molecule has 2 N–H and O–H groups in total. The van der Waals surface area contributed by atoms with Crippen LogP contribution in [0.1, 0.15) is 42.9 Å². The van der Waals surface area contributed by atoms with Gasteiger partial charge in [-0.15, -0.1) is 0 Å². The highest BCUT2D eigenvalue weighted by Crippen LogP contribution is 2.58. The molecule has 21 heavy (non-hydrogen) atoms. The molecule has 1 aromatic carbocycles. The molecular weight excluding hydrogens is 315 g/mol. The average Bonchev–Trinajstić information content (AvgIpc) is 3.00. The van der Waals surface area contributed by atoms with Crippen LogP contribution in [-0.4, -0.2) is 22.8 Å². The molecular formula is C15H16Cl2O4. The molecule has 0 bridgehead atoms. The van der Waals surface area contributed by atoms with Crippen molar-refractivity contribution in [3.8, 4) is 5.75 Å². The molecule has 1 unspecified atom stereocenters. The molecule has 3 rings (SSSR count). The third kappa shape index (κ3) is 2.39. The number of benzene rings is 1. The van der Waals surface area contributed by atoms with E-state index in [-0.39, 0.29) is 21.2 Å². The lowest BCUT2D eigenvalue weighted by atomic mass is 9.81. The van der Waals surface area contributed by atoms with E-state index in [4.69, 9.17) is 33.0 Å². The van der Waals surface area contributed by atoms with Crippen molar-refractivity contribution in [2.75, 3.05) is 6.61 Å². The van der Waals surface area contributed by atoms with Crippen LogP contribution in [0.5, 0.6) is 5.75 Å². The summed E-state index contributed by atoms with van der Waals surface area (Å²) in [5.74, 6) is -0.806. The summed E-state index contributed by atoms with van der Waals surface area (Å²) in [5, 5.41) is 19.8. The Morgan fingerprint density at radius 1 is 1.33 bits per heavy atom. The first kappa shape index (κ1) is 14.9. The summed E-state index contributed by atoms with van der Waals surface area (Å²) in [6.07, 6.45) is 4.31. The fraction of sp³-hybridized carbons (Fsp3) is 0.533. The molecule has 1 aromatic rings. The van der Waals surface area contributed by atoms with Gasteiger partial charge in [-0.3, -0.25) is 0 Å². The van der Waals surface area contributed by atoms with Crippen LogP contribution in [0.15, 0.2) is 6.07 Å². The van der Waals surface area contributed by atoms with Crippen molar-refractivity contribution in [2.24, 2.45) is 5.41 Å². The van der Waals surface area contributed by atoms with E-state index >= 15 is 0 Å². The molecule has 0 aromatic heterocycles. The zero-order valence-corrected chi connectivity index (χ0v) is 12.9. The maximum atomic E-state index is 10.7. The van der Waals surface area contributed by atoms with Crippen LogP contribution in [-0.2, 0) is 11.2 Å². The summed E-state index contributed by atoms with van der Waals surface area (Å²) in [6, 6.07) is 1.72. The normalized spacial score (nSPS) is 22.5. The highest BCUT2D eigenvalue weighted by atomic mass is 35.5. The summed E-state index contributed by atoms with van der Waals surface area (Å²) in [4.78, 5) is 10.6. The fourth-order valence-electron chi connectivity index (χ4n) is 3.66. The number of ether oxygens (including phenoxy) is 1. The van der Waals surface area contributed by atoms with E-state index in [0.29, 0.717) is 5.56 Å². The van der Waals surface area contributed by atoms with E-state index in [1.807, 2.05) is 0 Å². The van der Waals surface area contributed by atoms with Gasteiger partial charge in [-0.1, -0.05) is 36.0 Å². The number of hydrogen-bond acceptors (Lipinski definition) is 3. The molecule has 1 atom stereocenters. The van der Waals surface area contributed by atoms with Gasteiger partial charge in [0, 0.05) is 11.0 Å². The smallest absolute Gasteiger partial charge is 0.341 e. The van der Waals surface area contributed by atoms with Crippen LogP contribution >= 0.6 is 23.2 Å². The molecule has 1 fully saturated rings. The molecule has 1 spiro atoms. The molecule has 1 saturated carbocycles. The van der Waals surface area contributed by atoms with Crippen molar-refractivity contribution in [2.45, 2.75) is 38.2 Å². The van der Waals surface area contributed by atoms with Crippen molar-refractivity contribution in [1.29, 1.82) is 0 Å². The van der Waals surface area contributed by atoms with Crippen LogP contribution in [0.2, 0.25) is 10.0 Å². The van der Waals surface area contributed by atoms with E-state index in [1.54, 1.807) is 6.07 Å². The first-order chi connectivity index (χ1) is 9.94. The molecule has 2 aliphatic carbocycles. The van der Waals surface area contributed by atoms with E-state index in [0.717, 1.165) is 37.7 Å². The predicted molar refractivity (Wildman–Crippen MR) is 79.2 cm³/mol. The SMILES string of the molecule is O=C(O)COc1cc2c(c(Cl)c1Cl)C(O)C1(CCCC1)C2. The number of halogens is 2. The Morgan fingerprint density at radius 2 is 2.00 bits per heavy atom. The average molecular weight is 331 g/mol. The summed E-state index contributed by atoms with van der Waals surface area (Å²) in [7, 11) is 0. The molecule has 0 saturated heterocycles. The second-order valence-corrected chi connectivity index (χ2v) is 6.66. The maximum absolute atomic E-state index is 10.7. The van der Waals surface area contributed by atoms with Gasteiger partial charge in [0.1, 0.15) is 10.8 Å². The lowest BCUT2D eigenvalue weighted by molar-refractivity contribution is -0.139. The first-order valence-corrected chi connectivity index (χ1v) is 7.74. The van der Waals surface area contributed by atoms with Crippen LogP contribution in [0, 0.1) is 5.41 Å². The number of aliphatic carboxylic acids is 1. The lowest BCUT2D eigenvalue weighted by Crippen LogP contribution is -2.21. The third-order valence-corrected chi connectivity index (χ3v) is 5.51. The van der Waals surface area contributed by atoms with Crippen molar-refractivity contribution in [3.63, 3.8) is 0 Å². The number of carboxylic acids is 1. The molecule has 2 aliphatic rings. The van der Waals surface area contributed by atoms with Crippen LogP contribution in [0.4, 0.5) is 0 Å². The molecule has 0 amide bonds. The Labute approximate surface area is 132 Å². The number of aliphatic hydroxyl groups is 1. The second-order valence-electron chi connectivity index (χ2n) is 5.91. The number of fused-ring (bicyclic) bond motifs is 1. The van der Waals surface area contributed by atoms with Gasteiger partial charge >= 0.3 is 5.97 Å². The highest BCUT2D eigenvalue weighted by Gasteiger charge is 2.48.